The predicted molar refractivity (Wildman–Crippen MR) is 58.3 cm³/mol. The van der Waals surface area contributed by atoms with Crippen molar-refractivity contribution in [1.82, 2.24) is 19.7 Å². The van der Waals surface area contributed by atoms with Crippen LogP contribution in [0.4, 0.5) is 0 Å². The summed E-state index contributed by atoms with van der Waals surface area (Å²) in [6.45, 7) is 0.952. The number of likely N-dealkylation sites (N-methyl/N-ethyl adjacent to an activating group) is 1. The van der Waals surface area contributed by atoms with E-state index in [0.717, 1.165) is 23.2 Å². The van der Waals surface area contributed by atoms with E-state index >= 15 is 0 Å². The first kappa shape index (κ1) is 9.61. The van der Waals surface area contributed by atoms with E-state index in [1.54, 1.807) is 6.20 Å². The van der Waals surface area contributed by atoms with Crippen LogP contribution < -0.4 is 5.32 Å². The molecule has 0 bridgehead atoms. The van der Waals surface area contributed by atoms with Gasteiger partial charge in [-0.2, -0.15) is 0 Å². The lowest BCUT2D eigenvalue weighted by Gasteiger charge is -2.00. The van der Waals surface area contributed by atoms with Gasteiger partial charge in [0.2, 0.25) is 0 Å². The average Bonchev–Trinajstić information content (AvgIpc) is 2.57. The van der Waals surface area contributed by atoms with Crippen LogP contribution in [0, 0.1) is 0 Å². The van der Waals surface area contributed by atoms with Crippen molar-refractivity contribution in [1.29, 1.82) is 0 Å². The molecule has 2 rings (SSSR count). The summed E-state index contributed by atoms with van der Waals surface area (Å²) in [6, 6.07) is 0. The van der Waals surface area contributed by atoms with Crippen molar-refractivity contribution in [2.75, 3.05) is 13.6 Å². The van der Waals surface area contributed by atoms with Crippen LogP contribution in [-0.2, 0) is 6.42 Å². The van der Waals surface area contributed by atoms with E-state index in [-0.39, 0.29) is 0 Å². The smallest absolute Gasteiger partial charge is 0.155 e. The zero-order valence-corrected chi connectivity index (χ0v) is 9.45. The third-order valence-electron chi connectivity index (χ3n) is 2.07. The number of hydrogen-bond donors (Lipinski definition) is 1. The van der Waals surface area contributed by atoms with Crippen molar-refractivity contribution in [3.63, 3.8) is 0 Å². The molecule has 0 saturated heterocycles. The number of aromatic nitrogens is 3. The zero-order valence-electron chi connectivity index (χ0n) is 7.87. The largest absolute Gasteiger partial charge is 0.319 e. The van der Waals surface area contributed by atoms with E-state index in [2.05, 4.69) is 35.6 Å². The minimum absolute atomic E-state index is 0.828. The van der Waals surface area contributed by atoms with Gasteiger partial charge in [-0.25, -0.2) is 9.97 Å². The van der Waals surface area contributed by atoms with Crippen LogP contribution in [0.15, 0.2) is 23.2 Å². The number of fused-ring (bicyclic) bond motifs is 1. The molecular formula is C9H11BrN4. The van der Waals surface area contributed by atoms with Gasteiger partial charge in [-0.3, -0.25) is 0 Å². The van der Waals surface area contributed by atoms with Gasteiger partial charge in [0.05, 0.1) is 6.20 Å². The fraction of sp³-hybridized carbons (Fsp3) is 0.333. The first-order valence-electron chi connectivity index (χ1n) is 4.43. The first-order valence-corrected chi connectivity index (χ1v) is 5.22. The summed E-state index contributed by atoms with van der Waals surface area (Å²) < 4.78 is 2.88. The highest BCUT2D eigenvalue weighted by Crippen LogP contribution is 2.10. The van der Waals surface area contributed by atoms with Crippen molar-refractivity contribution < 1.29 is 0 Å². The zero-order chi connectivity index (χ0) is 9.97. The molecule has 4 nitrogen and oxygen atoms in total. The molecule has 74 valence electrons. The molecule has 0 aliphatic carbocycles. The van der Waals surface area contributed by atoms with Gasteiger partial charge < -0.3 is 9.72 Å². The Balaban J connectivity index is 2.40. The number of halogens is 1. The second-order valence-electron chi connectivity index (χ2n) is 3.04. The molecule has 0 aliphatic rings. The summed E-state index contributed by atoms with van der Waals surface area (Å²) in [6.07, 6.45) is 6.55. The van der Waals surface area contributed by atoms with Gasteiger partial charge in [0.15, 0.2) is 5.65 Å². The van der Waals surface area contributed by atoms with E-state index in [1.165, 1.54) is 5.69 Å². The maximum atomic E-state index is 4.26. The monoisotopic (exact) mass is 254 g/mol. The van der Waals surface area contributed by atoms with Gasteiger partial charge in [0, 0.05) is 31.1 Å². The van der Waals surface area contributed by atoms with Crippen LogP contribution in [0.3, 0.4) is 0 Å². The molecule has 0 radical (unpaired) electrons. The van der Waals surface area contributed by atoms with Crippen LogP contribution in [0.25, 0.3) is 5.65 Å². The van der Waals surface area contributed by atoms with E-state index in [1.807, 2.05) is 19.4 Å². The summed E-state index contributed by atoms with van der Waals surface area (Å²) in [5.74, 6) is 0. The Hall–Kier alpha value is -0.940. The van der Waals surface area contributed by atoms with Crippen molar-refractivity contribution in [3.8, 4) is 0 Å². The minimum Gasteiger partial charge on any atom is -0.319 e. The number of nitrogens with zero attached hydrogens (tertiary/aromatic N) is 3. The first-order chi connectivity index (χ1) is 6.81. The summed E-state index contributed by atoms with van der Waals surface area (Å²) >= 11 is 3.34. The lowest BCUT2D eigenvalue weighted by Crippen LogP contribution is -2.11. The Morgan fingerprint density at radius 2 is 2.29 bits per heavy atom. The molecule has 14 heavy (non-hydrogen) atoms. The second kappa shape index (κ2) is 4.06. The van der Waals surface area contributed by atoms with Crippen molar-refractivity contribution in [2.45, 2.75) is 6.42 Å². The molecule has 0 atom stereocenters. The topological polar surface area (TPSA) is 42.2 Å². The molecule has 5 heteroatoms. The van der Waals surface area contributed by atoms with E-state index in [9.17, 15) is 0 Å². The lowest BCUT2D eigenvalue weighted by atomic mass is 10.3. The summed E-state index contributed by atoms with van der Waals surface area (Å²) in [7, 11) is 1.95. The second-order valence-corrected chi connectivity index (χ2v) is 3.85. The minimum atomic E-state index is 0.828. The van der Waals surface area contributed by atoms with Crippen LogP contribution in [0.2, 0.25) is 0 Å². The third kappa shape index (κ3) is 1.78. The SMILES string of the molecule is CNCCc1cnc2cnc(Br)cn12. The Labute approximate surface area is 90.5 Å². The fourth-order valence-corrected chi connectivity index (χ4v) is 1.66. The van der Waals surface area contributed by atoms with Crippen LogP contribution in [0.5, 0.6) is 0 Å². The molecular weight excluding hydrogens is 244 g/mol. The summed E-state index contributed by atoms with van der Waals surface area (Å²) in [5, 5.41) is 3.12. The number of rotatable bonds is 3. The molecule has 0 amide bonds. The van der Waals surface area contributed by atoms with Gasteiger partial charge >= 0.3 is 0 Å². The highest BCUT2D eigenvalue weighted by Gasteiger charge is 2.02. The maximum absolute atomic E-state index is 4.26. The lowest BCUT2D eigenvalue weighted by molar-refractivity contribution is 0.770. The van der Waals surface area contributed by atoms with Gasteiger partial charge in [-0.1, -0.05) is 0 Å². The Morgan fingerprint density at radius 1 is 1.43 bits per heavy atom. The van der Waals surface area contributed by atoms with E-state index in [0.29, 0.717) is 0 Å². The van der Waals surface area contributed by atoms with Crippen molar-refractivity contribution >= 4 is 21.6 Å². The maximum Gasteiger partial charge on any atom is 0.155 e. The van der Waals surface area contributed by atoms with Crippen LogP contribution in [-0.4, -0.2) is 28.0 Å². The molecule has 0 spiro atoms. The Morgan fingerprint density at radius 3 is 3.07 bits per heavy atom. The predicted octanol–water partition coefficient (Wildman–Crippen LogP) is 1.25. The molecule has 0 fully saturated rings. The van der Waals surface area contributed by atoms with Crippen molar-refractivity contribution in [3.05, 3.63) is 28.9 Å². The molecule has 2 aromatic heterocycles. The molecule has 0 aromatic carbocycles. The molecule has 2 heterocycles. The molecule has 0 aliphatic heterocycles. The average molecular weight is 255 g/mol. The number of hydrogen-bond acceptors (Lipinski definition) is 3. The summed E-state index contributed by atoms with van der Waals surface area (Å²) in [4.78, 5) is 8.38. The van der Waals surface area contributed by atoms with Crippen LogP contribution >= 0.6 is 15.9 Å². The van der Waals surface area contributed by atoms with Crippen molar-refractivity contribution in [2.24, 2.45) is 0 Å². The highest BCUT2D eigenvalue weighted by atomic mass is 79.9. The van der Waals surface area contributed by atoms with Crippen LogP contribution in [0.1, 0.15) is 5.69 Å². The van der Waals surface area contributed by atoms with Gasteiger partial charge in [-0.15, -0.1) is 0 Å². The number of imidazole rings is 1. The number of nitrogens with one attached hydrogen (secondary N) is 1. The quantitative estimate of drug-likeness (QED) is 0.897. The summed E-state index contributed by atoms with van der Waals surface area (Å²) in [5.41, 5.74) is 2.08. The normalized spacial score (nSPS) is 11.0. The molecule has 2 aromatic rings. The fourth-order valence-electron chi connectivity index (χ4n) is 1.35. The van der Waals surface area contributed by atoms with Gasteiger partial charge in [0.25, 0.3) is 0 Å². The van der Waals surface area contributed by atoms with E-state index < -0.39 is 0 Å². The van der Waals surface area contributed by atoms with E-state index in [4.69, 9.17) is 0 Å². The highest BCUT2D eigenvalue weighted by molar-refractivity contribution is 9.10. The van der Waals surface area contributed by atoms with Gasteiger partial charge in [0.1, 0.15) is 4.60 Å². The molecule has 1 N–H and O–H groups in total. The molecule has 0 unspecified atom stereocenters. The Kier molecular flexibility index (Phi) is 2.79. The molecule has 0 saturated carbocycles. The Bertz CT molecular complexity index is 437. The standard InChI is InChI=1S/C9H11BrN4/c1-11-3-2-7-4-13-9-5-12-8(10)6-14(7)9/h4-6,11H,2-3H2,1H3. The third-order valence-corrected chi connectivity index (χ3v) is 2.48. The van der Waals surface area contributed by atoms with Gasteiger partial charge in [-0.05, 0) is 23.0 Å².